The van der Waals surface area contributed by atoms with Crippen LogP contribution in [0.3, 0.4) is 0 Å². The fraction of sp³-hybridized carbons (Fsp3) is 0.333. The number of carbonyl (C=O) groups excluding carboxylic acids is 1. The smallest absolute Gasteiger partial charge is 0.328 e. The van der Waals surface area contributed by atoms with E-state index in [1.54, 1.807) is 14.1 Å². The normalized spacial score (nSPS) is 10.5. The van der Waals surface area contributed by atoms with Crippen LogP contribution in [0.4, 0.5) is 0 Å². The van der Waals surface area contributed by atoms with Gasteiger partial charge in [-0.1, -0.05) is 0 Å². The second-order valence-corrected chi connectivity index (χ2v) is 2.04. The molecule has 0 heterocycles. The lowest BCUT2D eigenvalue weighted by Gasteiger charge is -2.08. The van der Waals surface area contributed by atoms with Crippen molar-refractivity contribution in [1.82, 2.24) is 10.4 Å². The fourth-order valence-electron chi connectivity index (χ4n) is 0.405. The highest BCUT2D eigenvalue weighted by Crippen LogP contribution is 1.74. The van der Waals surface area contributed by atoms with E-state index in [0.29, 0.717) is 0 Å². The molecule has 0 unspecified atom stereocenters. The van der Waals surface area contributed by atoms with E-state index in [2.05, 4.69) is 5.43 Å². The molecular formula is C6H10N2O3. The summed E-state index contributed by atoms with van der Waals surface area (Å²) in [6.07, 6.45) is 1.72. The summed E-state index contributed by atoms with van der Waals surface area (Å²) in [5, 5.41) is 9.54. The first-order valence-electron chi connectivity index (χ1n) is 2.91. The molecule has 11 heavy (non-hydrogen) atoms. The summed E-state index contributed by atoms with van der Waals surface area (Å²) in [5.41, 5.74) is 2.34. The van der Waals surface area contributed by atoms with Gasteiger partial charge in [-0.15, -0.1) is 0 Å². The minimum absolute atomic E-state index is 0.461. The number of rotatable bonds is 3. The predicted molar refractivity (Wildman–Crippen MR) is 38.6 cm³/mol. The number of aliphatic carboxylic acids is 1. The Kier molecular flexibility index (Phi) is 3.90. The molecule has 0 aliphatic carbocycles. The van der Waals surface area contributed by atoms with Crippen LogP contribution < -0.4 is 5.43 Å². The van der Waals surface area contributed by atoms with Crippen molar-refractivity contribution in [3.8, 4) is 0 Å². The van der Waals surface area contributed by atoms with Gasteiger partial charge in [0.1, 0.15) is 0 Å². The molecule has 0 rings (SSSR count). The summed E-state index contributed by atoms with van der Waals surface area (Å²) in [6, 6.07) is 0. The summed E-state index contributed by atoms with van der Waals surface area (Å²) in [5.74, 6) is -1.60. The van der Waals surface area contributed by atoms with Crippen LogP contribution in [-0.2, 0) is 9.59 Å². The molecule has 0 bridgehead atoms. The van der Waals surface area contributed by atoms with Gasteiger partial charge in [0, 0.05) is 26.2 Å². The van der Waals surface area contributed by atoms with Crippen molar-refractivity contribution in [2.45, 2.75) is 0 Å². The van der Waals surface area contributed by atoms with Crippen LogP contribution in [0.15, 0.2) is 12.2 Å². The maximum absolute atomic E-state index is 10.7. The quantitative estimate of drug-likeness (QED) is 0.417. The molecule has 0 saturated heterocycles. The van der Waals surface area contributed by atoms with Crippen LogP contribution in [0.2, 0.25) is 0 Å². The summed E-state index contributed by atoms with van der Waals surface area (Å²) in [7, 11) is 3.26. The maximum atomic E-state index is 10.7. The van der Waals surface area contributed by atoms with E-state index in [1.165, 1.54) is 5.01 Å². The van der Waals surface area contributed by atoms with Crippen molar-refractivity contribution in [3.63, 3.8) is 0 Å². The summed E-state index contributed by atoms with van der Waals surface area (Å²) in [4.78, 5) is 20.6. The Labute approximate surface area is 64.3 Å². The van der Waals surface area contributed by atoms with E-state index in [9.17, 15) is 9.59 Å². The summed E-state index contributed by atoms with van der Waals surface area (Å²) >= 11 is 0. The molecule has 1 amide bonds. The van der Waals surface area contributed by atoms with Gasteiger partial charge in [0.2, 0.25) is 0 Å². The SMILES string of the molecule is CN(C)NC(=O)/C=C/C(=O)O. The molecule has 0 radical (unpaired) electrons. The Morgan fingerprint density at radius 1 is 1.36 bits per heavy atom. The van der Waals surface area contributed by atoms with Gasteiger partial charge >= 0.3 is 5.97 Å². The second kappa shape index (κ2) is 4.45. The van der Waals surface area contributed by atoms with E-state index < -0.39 is 11.9 Å². The van der Waals surface area contributed by atoms with E-state index in [1.807, 2.05) is 0 Å². The molecule has 0 aliphatic heterocycles. The van der Waals surface area contributed by atoms with Crippen LogP contribution in [0.5, 0.6) is 0 Å². The van der Waals surface area contributed by atoms with E-state index in [-0.39, 0.29) is 0 Å². The van der Waals surface area contributed by atoms with Gasteiger partial charge < -0.3 is 5.11 Å². The maximum Gasteiger partial charge on any atom is 0.328 e. The van der Waals surface area contributed by atoms with Crippen molar-refractivity contribution < 1.29 is 14.7 Å². The average Bonchev–Trinajstić information content (AvgIpc) is 1.82. The standard InChI is InChI=1S/C6H10N2O3/c1-8(2)7-5(9)3-4-6(10)11/h3-4H,1-2H3,(H,7,9)(H,10,11)/b4-3+. The zero-order valence-electron chi connectivity index (χ0n) is 6.37. The number of carbonyl (C=O) groups is 2. The number of amides is 1. The van der Waals surface area contributed by atoms with Crippen molar-refractivity contribution in [3.05, 3.63) is 12.2 Å². The van der Waals surface area contributed by atoms with Crippen LogP contribution in [-0.4, -0.2) is 36.1 Å². The lowest BCUT2D eigenvalue weighted by Crippen LogP contribution is -2.34. The van der Waals surface area contributed by atoms with Gasteiger partial charge in [-0.25, -0.2) is 9.80 Å². The molecule has 62 valence electrons. The summed E-state index contributed by atoms with van der Waals surface area (Å²) < 4.78 is 0. The Balaban J connectivity index is 3.78. The Bertz CT molecular complexity index is 186. The molecule has 0 saturated carbocycles. The third kappa shape index (κ3) is 6.53. The third-order valence-electron chi connectivity index (χ3n) is 0.711. The number of nitrogens with zero attached hydrogens (tertiary/aromatic N) is 1. The van der Waals surface area contributed by atoms with E-state index in [4.69, 9.17) is 5.11 Å². The Morgan fingerprint density at radius 3 is 2.27 bits per heavy atom. The Hall–Kier alpha value is -1.36. The van der Waals surface area contributed by atoms with E-state index >= 15 is 0 Å². The van der Waals surface area contributed by atoms with Crippen molar-refractivity contribution in [2.24, 2.45) is 0 Å². The molecule has 2 N–H and O–H groups in total. The van der Waals surface area contributed by atoms with Crippen molar-refractivity contribution in [2.75, 3.05) is 14.1 Å². The van der Waals surface area contributed by atoms with Gasteiger partial charge in [0.05, 0.1) is 0 Å². The number of carboxylic acid groups (broad SMARTS) is 1. The minimum atomic E-state index is -1.14. The first-order chi connectivity index (χ1) is 5.02. The molecule has 0 spiro atoms. The zero-order valence-corrected chi connectivity index (χ0v) is 6.37. The number of carboxylic acids is 1. The lowest BCUT2D eigenvalue weighted by atomic mass is 10.5. The van der Waals surface area contributed by atoms with Gasteiger partial charge in [0.15, 0.2) is 0 Å². The third-order valence-corrected chi connectivity index (χ3v) is 0.711. The summed E-state index contributed by atoms with van der Waals surface area (Å²) in [6.45, 7) is 0. The molecule has 5 nitrogen and oxygen atoms in total. The number of hydrogen-bond acceptors (Lipinski definition) is 3. The number of nitrogens with one attached hydrogen (secondary N) is 1. The van der Waals surface area contributed by atoms with Gasteiger partial charge in [-0.05, 0) is 0 Å². The molecule has 0 fully saturated rings. The van der Waals surface area contributed by atoms with Crippen LogP contribution in [0.25, 0.3) is 0 Å². The lowest BCUT2D eigenvalue weighted by molar-refractivity contribution is -0.131. The highest BCUT2D eigenvalue weighted by Gasteiger charge is 1.95. The number of hydrazine groups is 1. The molecule has 0 aromatic heterocycles. The largest absolute Gasteiger partial charge is 0.478 e. The van der Waals surface area contributed by atoms with Gasteiger partial charge in [-0.3, -0.25) is 10.2 Å². The molecular weight excluding hydrogens is 148 g/mol. The van der Waals surface area contributed by atoms with E-state index in [0.717, 1.165) is 12.2 Å². The number of hydrogen-bond donors (Lipinski definition) is 2. The molecule has 5 heteroatoms. The van der Waals surface area contributed by atoms with Crippen LogP contribution in [0.1, 0.15) is 0 Å². The highest BCUT2D eigenvalue weighted by atomic mass is 16.4. The first-order valence-corrected chi connectivity index (χ1v) is 2.91. The van der Waals surface area contributed by atoms with Crippen LogP contribution in [0, 0.1) is 0 Å². The topological polar surface area (TPSA) is 69.6 Å². The Morgan fingerprint density at radius 2 is 1.91 bits per heavy atom. The molecule has 0 aliphatic rings. The van der Waals surface area contributed by atoms with Crippen LogP contribution >= 0.6 is 0 Å². The molecule has 0 aromatic rings. The second-order valence-electron chi connectivity index (χ2n) is 2.04. The fourth-order valence-corrected chi connectivity index (χ4v) is 0.405. The average molecular weight is 158 g/mol. The zero-order chi connectivity index (χ0) is 8.85. The first kappa shape index (κ1) is 9.64. The minimum Gasteiger partial charge on any atom is -0.478 e. The van der Waals surface area contributed by atoms with Gasteiger partial charge in [-0.2, -0.15) is 0 Å². The van der Waals surface area contributed by atoms with Crippen molar-refractivity contribution in [1.29, 1.82) is 0 Å². The monoisotopic (exact) mass is 158 g/mol. The van der Waals surface area contributed by atoms with Gasteiger partial charge in [0.25, 0.3) is 5.91 Å². The predicted octanol–water partition coefficient (Wildman–Crippen LogP) is -0.780. The molecule has 0 atom stereocenters. The molecule has 0 aromatic carbocycles. The highest BCUT2D eigenvalue weighted by molar-refractivity contribution is 5.93. The van der Waals surface area contributed by atoms with Crippen molar-refractivity contribution >= 4 is 11.9 Å².